The van der Waals surface area contributed by atoms with Crippen LogP contribution < -0.4 is 5.32 Å². The summed E-state index contributed by atoms with van der Waals surface area (Å²) in [6.45, 7) is 2.25. The fourth-order valence-corrected chi connectivity index (χ4v) is 4.29. The summed E-state index contributed by atoms with van der Waals surface area (Å²) >= 11 is 0. The molecule has 4 rings (SSSR count). The van der Waals surface area contributed by atoms with E-state index in [1.807, 2.05) is 24.3 Å². The molecule has 0 aromatic heterocycles. The van der Waals surface area contributed by atoms with E-state index in [9.17, 15) is 0 Å². The third-order valence-electron chi connectivity index (χ3n) is 5.74. The molecule has 0 bridgehead atoms. The van der Waals surface area contributed by atoms with Crippen LogP contribution in [0.15, 0.2) is 84.9 Å². The van der Waals surface area contributed by atoms with Crippen LogP contribution >= 0.6 is 0 Å². The zero-order valence-corrected chi connectivity index (χ0v) is 16.7. The second-order valence-electron chi connectivity index (χ2n) is 7.67. The zero-order chi connectivity index (χ0) is 19.9. The van der Waals surface area contributed by atoms with Crippen LogP contribution in [0.5, 0.6) is 0 Å². The summed E-state index contributed by atoms with van der Waals surface area (Å²) in [5.41, 5.74) is 4.33. The predicted molar refractivity (Wildman–Crippen MR) is 119 cm³/mol. The van der Waals surface area contributed by atoms with Crippen molar-refractivity contribution < 1.29 is 0 Å². The molecule has 3 nitrogen and oxygen atoms in total. The normalized spacial score (nSPS) is 16.5. The van der Waals surface area contributed by atoms with Gasteiger partial charge in [-0.25, -0.2) is 0 Å². The minimum atomic E-state index is 0.115. The Hall–Kier alpha value is -3.09. The van der Waals surface area contributed by atoms with E-state index in [2.05, 4.69) is 76.9 Å². The summed E-state index contributed by atoms with van der Waals surface area (Å²) in [6, 6.07) is 31.9. The summed E-state index contributed by atoms with van der Waals surface area (Å²) in [7, 11) is 0. The van der Waals surface area contributed by atoms with E-state index in [0.29, 0.717) is 5.56 Å². The molecule has 1 saturated heterocycles. The van der Waals surface area contributed by atoms with Crippen molar-refractivity contribution in [2.75, 3.05) is 18.4 Å². The van der Waals surface area contributed by atoms with Crippen molar-refractivity contribution in [2.24, 2.45) is 0 Å². The predicted octanol–water partition coefficient (Wildman–Crippen LogP) is 5.94. The average molecular weight is 382 g/mol. The zero-order valence-electron chi connectivity index (χ0n) is 16.7. The van der Waals surface area contributed by atoms with E-state index in [-0.39, 0.29) is 12.1 Å². The number of nitriles is 1. The molecule has 1 N–H and O–H groups in total. The summed E-state index contributed by atoms with van der Waals surface area (Å²) < 4.78 is 0. The SMILES string of the molecule is N#Cc1ccc(N[C@H](c2ccccc2)[C@@H](c2ccccc2)N2CCCCC2)cc1. The van der Waals surface area contributed by atoms with Gasteiger partial charge in [0.2, 0.25) is 0 Å². The Bertz CT molecular complexity index is 923. The van der Waals surface area contributed by atoms with Gasteiger partial charge in [0, 0.05) is 5.69 Å². The van der Waals surface area contributed by atoms with Crippen LogP contribution in [0.2, 0.25) is 0 Å². The molecular weight excluding hydrogens is 354 g/mol. The van der Waals surface area contributed by atoms with Crippen LogP contribution in [-0.2, 0) is 0 Å². The van der Waals surface area contributed by atoms with Gasteiger partial charge in [-0.1, -0.05) is 67.1 Å². The van der Waals surface area contributed by atoms with Gasteiger partial charge < -0.3 is 5.32 Å². The number of hydrogen-bond acceptors (Lipinski definition) is 3. The van der Waals surface area contributed by atoms with Crippen molar-refractivity contribution in [2.45, 2.75) is 31.3 Å². The molecular formula is C26H27N3. The standard InChI is InChI=1S/C26H27N3/c27-20-21-14-16-24(17-15-21)28-25(22-10-4-1-5-11-22)26(23-12-6-2-7-13-23)29-18-8-3-9-19-29/h1-2,4-7,10-17,25-26,28H,3,8-9,18-19H2/t25-,26-/m1/s1. The first kappa shape index (κ1) is 19.2. The van der Waals surface area contributed by atoms with E-state index in [0.717, 1.165) is 18.8 Å². The number of hydrogen-bond donors (Lipinski definition) is 1. The number of anilines is 1. The van der Waals surface area contributed by atoms with Crippen molar-refractivity contribution in [1.29, 1.82) is 5.26 Å². The molecule has 1 aliphatic heterocycles. The lowest BCUT2D eigenvalue weighted by molar-refractivity contribution is 0.147. The Morgan fingerprint density at radius 1 is 0.724 bits per heavy atom. The maximum Gasteiger partial charge on any atom is 0.0991 e. The summed E-state index contributed by atoms with van der Waals surface area (Å²) in [6.07, 6.45) is 3.82. The highest BCUT2D eigenvalue weighted by atomic mass is 15.2. The second kappa shape index (κ2) is 9.41. The van der Waals surface area contributed by atoms with E-state index in [4.69, 9.17) is 5.26 Å². The molecule has 0 aliphatic carbocycles. The van der Waals surface area contributed by atoms with Gasteiger partial charge in [0.1, 0.15) is 0 Å². The number of likely N-dealkylation sites (tertiary alicyclic amines) is 1. The van der Waals surface area contributed by atoms with E-state index >= 15 is 0 Å². The quantitative estimate of drug-likeness (QED) is 0.574. The first-order valence-electron chi connectivity index (χ1n) is 10.5. The summed E-state index contributed by atoms with van der Waals surface area (Å²) in [5, 5.41) is 12.9. The van der Waals surface area contributed by atoms with Gasteiger partial charge in [-0.2, -0.15) is 5.26 Å². The number of nitrogens with one attached hydrogen (secondary N) is 1. The third kappa shape index (κ3) is 4.67. The Balaban J connectivity index is 1.74. The van der Waals surface area contributed by atoms with Gasteiger partial charge in [0.25, 0.3) is 0 Å². The minimum Gasteiger partial charge on any atom is -0.376 e. The summed E-state index contributed by atoms with van der Waals surface area (Å²) in [4.78, 5) is 2.63. The third-order valence-corrected chi connectivity index (χ3v) is 5.74. The highest BCUT2D eigenvalue weighted by Gasteiger charge is 2.31. The number of piperidine rings is 1. The Kier molecular flexibility index (Phi) is 6.24. The Morgan fingerprint density at radius 3 is 1.90 bits per heavy atom. The molecule has 1 fully saturated rings. The molecule has 1 aliphatic rings. The Morgan fingerprint density at radius 2 is 1.31 bits per heavy atom. The van der Waals surface area contributed by atoms with Crippen molar-refractivity contribution >= 4 is 5.69 Å². The van der Waals surface area contributed by atoms with Crippen LogP contribution in [0, 0.1) is 11.3 Å². The van der Waals surface area contributed by atoms with Crippen LogP contribution in [0.25, 0.3) is 0 Å². The van der Waals surface area contributed by atoms with E-state index < -0.39 is 0 Å². The molecule has 3 aromatic carbocycles. The van der Waals surface area contributed by atoms with E-state index in [1.54, 1.807) is 0 Å². The Labute approximate surface area is 173 Å². The smallest absolute Gasteiger partial charge is 0.0991 e. The van der Waals surface area contributed by atoms with Gasteiger partial charge in [0.05, 0.1) is 23.7 Å². The number of rotatable bonds is 6. The van der Waals surface area contributed by atoms with Crippen LogP contribution in [0.3, 0.4) is 0 Å². The molecule has 146 valence electrons. The molecule has 0 radical (unpaired) electrons. The lowest BCUT2D eigenvalue weighted by Gasteiger charge is -2.40. The van der Waals surface area contributed by atoms with Crippen molar-refractivity contribution in [3.63, 3.8) is 0 Å². The lowest BCUT2D eigenvalue weighted by atomic mass is 9.90. The van der Waals surface area contributed by atoms with Crippen molar-refractivity contribution in [3.05, 3.63) is 102 Å². The maximum atomic E-state index is 9.12. The second-order valence-corrected chi connectivity index (χ2v) is 7.67. The van der Waals surface area contributed by atoms with Crippen molar-refractivity contribution in [3.8, 4) is 6.07 Å². The first-order chi connectivity index (χ1) is 14.3. The highest BCUT2D eigenvalue weighted by Crippen LogP contribution is 2.38. The first-order valence-corrected chi connectivity index (χ1v) is 10.5. The maximum absolute atomic E-state index is 9.12. The molecule has 1 heterocycles. The van der Waals surface area contributed by atoms with Crippen LogP contribution in [0.1, 0.15) is 48.0 Å². The number of nitrogens with zero attached hydrogens (tertiary/aromatic N) is 2. The molecule has 0 unspecified atom stereocenters. The molecule has 3 aromatic rings. The average Bonchev–Trinajstić information content (AvgIpc) is 2.81. The van der Waals surface area contributed by atoms with Gasteiger partial charge >= 0.3 is 0 Å². The summed E-state index contributed by atoms with van der Waals surface area (Å²) in [5.74, 6) is 0. The van der Waals surface area contributed by atoms with Crippen molar-refractivity contribution in [1.82, 2.24) is 4.90 Å². The number of benzene rings is 3. The highest BCUT2D eigenvalue weighted by molar-refractivity contribution is 5.50. The van der Waals surface area contributed by atoms with Gasteiger partial charge in [-0.05, 0) is 61.3 Å². The van der Waals surface area contributed by atoms with Gasteiger partial charge in [-0.3, -0.25) is 4.90 Å². The minimum absolute atomic E-state index is 0.115. The molecule has 0 saturated carbocycles. The van der Waals surface area contributed by atoms with Crippen LogP contribution in [0.4, 0.5) is 5.69 Å². The van der Waals surface area contributed by atoms with Gasteiger partial charge in [0.15, 0.2) is 0 Å². The van der Waals surface area contributed by atoms with E-state index in [1.165, 1.54) is 30.4 Å². The molecule has 0 amide bonds. The fourth-order valence-electron chi connectivity index (χ4n) is 4.29. The van der Waals surface area contributed by atoms with Gasteiger partial charge in [-0.15, -0.1) is 0 Å². The molecule has 3 heteroatoms. The fraction of sp³-hybridized carbons (Fsp3) is 0.269. The van der Waals surface area contributed by atoms with Crippen LogP contribution in [-0.4, -0.2) is 18.0 Å². The molecule has 29 heavy (non-hydrogen) atoms. The topological polar surface area (TPSA) is 39.1 Å². The molecule has 2 atom stereocenters. The molecule has 0 spiro atoms. The lowest BCUT2D eigenvalue weighted by Crippen LogP contribution is -2.39. The largest absolute Gasteiger partial charge is 0.376 e. The monoisotopic (exact) mass is 381 g/mol.